The molecule has 116 valence electrons. The molecule has 1 aliphatic heterocycles. The normalized spacial score (nSPS) is 17.0. The molecule has 4 N–H and O–H groups in total. The van der Waals surface area contributed by atoms with Gasteiger partial charge in [-0.1, -0.05) is 6.07 Å². The Kier molecular flexibility index (Phi) is 3.81. The molecular formula is C17H19NO4. The van der Waals surface area contributed by atoms with Crippen LogP contribution in [0.1, 0.15) is 22.7 Å². The number of benzene rings is 2. The average molecular weight is 301 g/mol. The van der Waals surface area contributed by atoms with Gasteiger partial charge in [-0.3, -0.25) is 0 Å². The van der Waals surface area contributed by atoms with E-state index in [-0.39, 0.29) is 23.3 Å². The molecule has 1 unspecified atom stereocenters. The summed E-state index contributed by atoms with van der Waals surface area (Å²) in [6, 6.07) is 8.51. The molecule has 0 spiro atoms. The molecule has 1 heterocycles. The number of ether oxygens (including phenoxy) is 1. The molecule has 0 radical (unpaired) electrons. The Morgan fingerprint density at radius 2 is 1.91 bits per heavy atom. The second-order valence-corrected chi connectivity index (χ2v) is 5.51. The largest absolute Gasteiger partial charge is 0.504 e. The van der Waals surface area contributed by atoms with Gasteiger partial charge in [0, 0.05) is 6.04 Å². The lowest BCUT2D eigenvalue weighted by molar-refractivity contribution is 0.370. The zero-order chi connectivity index (χ0) is 15.7. The van der Waals surface area contributed by atoms with E-state index < -0.39 is 0 Å². The molecule has 22 heavy (non-hydrogen) atoms. The van der Waals surface area contributed by atoms with Crippen molar-refractivity contribution in [3.8, 4) is 23.0 Å². The van der Waals surface area contributed by atoms with Crippen LogP contribution < -0.4 is 10.1 Å². The molecule has 2 aromatic rings. The summed E-state index contributed by atoms with van der Waals surface area (Å²) in [6.07, 6.45) is 1.54. The highest BCUT2D eigenvalue weighted by Crippen LogP contribution is 2.36. The number of nitrogens with one attached hydrogen (secondary N) is 1. The predicted octanol–water partition coefficient (Wildman–Crippen LogP) is 2.24. The third kappa shape index (κ3) is 2.67. The summed E-state index contributed by atoms with van der Waals surface area (Å²) < 4.78 is 5.16. The van der Waals surface area contributed by atoms with Crippen LogP contribution in [0.25, 0.3) is 0 Å². The Hall–Kier alpha value is -2.40. The van der Waals surface area contributed by atoms with Crippen LogP contribution >= 0.6 is 0 Å². The van der Waals surface area contributed by atoms with Crippen LogP contribution in [0, 0.1) is 0 Å². The van der Waals surface area contributed by atoms with Crippen molar-refractivity contribution in [3.63, 3.8) is 0 Å². The van der Waals surface area contributed by atoms with E-state index in [1.807, 2.05) is 6.07 Å². The van der Waals surface area contributed by atoms with Gasteiger partial charge in [0.15, 0.2) is 23.0 Å². The first-order valence-corrected chi connectivity index (χ1v) is 7.22. The maximum Gasteiger partial charge on any atom is 0.160 e. The second-order valence-electron chi connectivity index (χ2n) is 5.51. The van der Waals surface area contributed by atoms with Crippen LogP contribution in [0.4, 0.5) is 0 Å². The summed E-state index contributed by atoms with van der Waals surface area (Å²) in [5.74, 6) is 0.374. The third-order valence-corrected chi connectivity index (χ3v) is 4.08. The Labute approximate surface area is 128 Å². The van der Waals surface area contributed by atoms with Crippen LogP contribution in [-0.4, -0.2) is 29.0 Å². The Balaban J connectivity index is 1.91. The van der Waals surface area contributed by atoms with Crippen LogP contribution in [0.15, 0.2) is 30.3 Å². The topological polar surface area (TPSA) is 82.0 Å². The smallest absolute Gasteiger partial charge is 0.160 e. The molecule has 3 rings (SSSR count). The number of methoxy groups -OCH3 is 1. The number of rotatable bonds is 3. The Morgan fingerprint density at radius 3 is 2.64 bits per heavy atom. The van der Waals surface area contributed by atoms with E-state index in [0.717, 1.165) is 29.7 Å². The summed E-state index contributed by atoms with van der Waals surface area (Å²) in [5, 5.41) is 32.4. The summed E-state index contributed by atoms with van der Waals surface area (Å²) in [4.78, 5) is 0. The van der Waals surface area contributed by atoms with Crippen LogP contribution in [-0.2, 0) is 12.8 Å². The third-order valence-electron chi connectivity index (χ3n) is 4.08. The van der Waals surface area contributed by atoms with Crippen molar-refractivity contribution in [2.75, 3.05) is 13.7 Å². The number of phenols is 3. The zero-order valence-electron chi connectivity index (χ0n) is 12.3. The minimum atomic E-state index is -0.122. The van der Waals surface area contributed by atoms with Gasteiger partial charge in [0.05, 0.1) is 7.11 Å². The van der Waals surface area contributed by atoms with Crippen LogP contribution in [0.3, 0.4) is 0 Å². The summed E-state index contributed by atoms with van der Waals surface area (Å²) in [5.41, 5.74) is 3.11. The molecule has 1 aliphatic rings. The van der Waals surface area contributed by atoms with Crippen molar-refractivity contribution in [1.82, 2.24) is 5.32 Å². The van der Waals surface area contributed by atoms with Crippen molar-refractivity contribution < 1.29 is 20.1 Å². The fourth-order valence-electron chi connectivity index (χ4n) is 2.94. The van der Waals surface area contributed by atoms with Gasteiger partial charge in [0.2, 0.25) is 0 Å². The summed E-state index contributed by atoms with van der Waals surface area (Å²) in [6.45, 7) is 0.843. The van der Waals surface area contributed by atoms with E-state index in [4.69, 9.17) is 4.74 Å². The fourth-order valence-corrected chi connectivity index (χ4v) is 2.94. The van der Waals surface area contributed by atoms with Gasteiger partial charge in [-0.05, 0) is 60.3 Å². The lowest BCUT2D eigenvalue weighted by Gasteiger charge is -2.28. The highest BCUT2D eigenvalue weighted by molar-refractivity contribution is 5.49. The number of fused-ring (bicyclic) bond motifs is 1. The molecule has 0 fully saturated rings. The monoisotopic (exact) mass is 301 g/mol. The lowest BCUT2D eigenvalue weighted by atomic mass is 9.90. The van der Waals surface area contributed by atoms with Gasteiger partial charge in [0.25, 0.3) is 0 Å². The van der Waals surface area contributed by atoms with Crippen molar-refractivity contribution >= 4 is 0 Å². The number of phenolic OH excluding ortho intramolecular Hbond substituents is 3. The van der Waals surface area contributed by atoms with Gasteiger partial charge in [-0.15, -0.1) is 0 Å². The molecule has 0 aliphatic carbocycles. The predicted molar refractivity (Wildman–Crippen MR) is 82.6 cm³/mol. The highest BCUT2D eigenvalue weighted by atomic mass is 16.5. The first-order valence-electron chi connectivity index (χ1n) is 7.22. The summed E-state index contributed by atoms with van der Waals surface area (Å²) >= 11 is 0. The molecule has 5 nitrogen and oxygen atoms in total. The van der Waals surface area contributed by atoms with Gasteiger partial charge in [-0.25, -0.2) is 0 Å². The fraction of sp³-hybridized carbons (Fsp3) is 0.294. The lowest BCUT2D eigenvalue weighted by Crippen LogP contribution is -2.31. The maximum absolute atomic E-state index is 10.0. The van der Waals surface area contributed by atoms with Crippen molar-refractivity contribution in [3.05, 3.63) is 47.0 Å². The molecule has 5 heteroatoms. The quantitative estimate of drug-likeness (QED) is 0.654. The van der Waals surface area contributed by atoms with E-state index in [1.54, 1.807) is 25.3 Å². The molecule has 0 bridgehead atoms. The zero-order valence-corrected chi connectivity index (χ0v) is 12.3. The van der Waals surface area contributed by atoms with Crippen LogP contribution in [0.2, 0.25) is 0 Å². The number of hydrogen-bond acceptors (Lipinski definition) is 5. The van der Waals surface area contributed by atoms with E-state index in [2.05, 4.69) is 5.32 Å². The first-order chi connectivity index (χ1) is 10.6. The molecule has 0 aromatic heterocycles. The van der Waals surface area contributed by atoms with E-state index >= 15 is 0 Å². The van der Waals surface area contributed by atoms with E-state index in [0.29, 0.717) is 12.2 Å². The van der Waals surface area contributed by atoms with Gasteiger partial charge in [-0.2, -0.15) is 0 Å². The molecule has 2 aromatic carbocycles. The van der Waals surface area contributed by atoms with Crippen molar-refractivity contribution in [1.29, 1.82) is 0 Å². The summed E-state index contributed by atoms with van der Waals surface area (Å²) in [7, 11) is 1.54. The Morgan fingerprint density at radius 1 is 1.09 bits per heavy atom. The van der Waals surface area contributed by atoms with Gasteiger partial charge < -0.3 is 25.4 Å². The van der Waals surface area contributed by atoms with Gasteiger partial charge in [0.1, 0.15) is 0 Å². The molecular weight excluding hydrogens is 282 g/mol. The maximum atomic E-state index is 10.0. The van der Waals surface area contributed by atoms with Gasteiger partial charge >= 0.3 is 0 Å². The second kappa shape index (κ2) is 5.77. The number of aromatic hydroxyl groups is 3. The van der Waals surface area contributed by atoms with Crippen LogP contribution in [0.5, 0.6) is 23.0 Å². The highest BCUT2D eigenvalue weighted by Gasteiger charge is 2.22. The average Bonchev–Trinajstić information content (AvgIpc) is 2.51. The molecule has 0 amide bonds. The molecule has 0 saturated heterocycles. The van der Waals surface area contributed by atoms with E-state index in [1.165, 1.54) is 6.07 Å². The molecule has 1 atom stereocenters. The molecule has 0 saturated carbocycles. The standard InChI is InChI=1S/C17H19NO4/c1-22-17-8-11-4-5-18-13(12(11)9-16(17)21)6-10-2-3-14(19)15(20)7-10/h2-3,7-9,13,18-21H,4-6H2,1H3. The first kappa shape index (κ1) is 14.5. The van der Waals surface area contributed by atoms with E-state index in [9.17, 15) is 15.3 Å². The number of hydrogen-bond donors (Lipinski definition) is 4. The van der Waals surface area contributed by atoms with Crippen molar-refractivity contribution in [2.45, 2.75) is 18.9 Å². The minimum Gasteiger partial charge on any atom is -0.504 e. The van der Waals surface area contributed by atoms with Crippen molar-refractivity contribution in [2.24, 2.45) is 0 Å². The minimum absolute atomic E-state index is 0.0458. The SMILES string of the molecule is COc1cc2c(cc1O)C(Cc1ccc(O)c(O)c1)NCC2. The Bertz CT molecular complexity index is 699.